The van der Waals surface area contributed by atoms with Crippen LogP contribution in [0.2, 0.25) is 0 Å². The fourth-order valence-corrected chi connectivity index (χ4v) is 4.22. The van der Waals surface area contributed by atoms with Crippen molar-refractivity contribution in [1.29, 1.82) is 0 Å². The molecule has 0 spiro atoms. The molecule has 1 fully saturated rings. The van der Waals surface area contributed by atoms with Crippen LogP contribution in [0.3, 0.4) is 0 Å². The van der Waals surface area contributed by atoms with Crippen LogP contribution in [-0.2, 0) is 6.18 Å². The Hall–Kier alpha value is -2.95. The minimum atomic E-state index is -4.65. The number of nitro groups is 1. The molecule has 1 saturated heterocycles. The summed E-state index contributed by atoms with van der Waals surface area (Å²) < 4.78 is 38.7. The van der Waals surface area contributed by atoms with Crippen molar-refractivity contribution >= 4 is 29.2 Å². The lowest BCUT2D eigenvalue weighted by molar-refractivity contribution is -0.384. The first-order valence-corrected chi connectivity index (χ1v) is 11.1. The Bertz CT molecular complexity index is 936. The van der Waals surface area contributed by atoms with Crippen LogP contribution in [0, 0.1) is 10.1 Å². The van der Waals surface area contributed by atoms with Gasteiger partial charge in [-0.2, -0.15) is 13.2 Å². The van der Waals surface area contributed by atoms with E-state index in [9.17, 15) is 28.1 Å². The highest BCUT2D eigenvalue weighted by molar-refractivity contribution is 7.99. The summed E-state index contributed by atoms with van der Waals surface area (Å²) in [4.78, 5) is 27.3. The molecule has 32 heavy (non-hydrogen) atoms. The third kappa shape index (κ3) is 6.28. The maximum Gasteiger partial charge on any atom is 0.416 e. The first-order chi connectivity index (χ1) is 15.3. The monoisotopic (exact) mass is 468 g/mol. The van der Waals surface area contributed by atoms with E-state index in [1.165, 1.54) is 4.90 Å². The van der Waals surface area contributed by atoms with E-state index in [1.807, 2.05) is 30.3 Å². The van der Waals surface area contributed by atoms with Gasteiger partial charge in [-0.25, -0.2) is 4.79 Å². The number of thioether (sulfide) groups is 1. The molecule has 1 N–H and O–H groups in total. The third-order valence-electron chi connectivity index (χ3n) is 5.02. The van der Waals surface area contributed by atoms with Crippen molar-refractivity contribution in [2.75, 3.05) is 43.4 Å². The van der Waals surface area contributed by atoms with Gasteiger partial charge in [0.15, 0.2) is 0 Å². The number of nitrogens with zero attached hydrogens (tertiary/aromatic N) is 3. The second kappa shape index (κ2) is 10.6. The molecule has 0 atom stereocenters. The maximum absolute atomic E-state index is 12.9. The molecule has 2 aromatic carbocycles. The van der Waals surface area contributed by atoms with E-state index in [1.54, 1.807) is 21.6 Å². The number of nitro benzene ring substituents is 1. The first kappa shape index (κ1) is 23.7. The number of hydrogen-bond donors (Lipinski definition) is 1. The van der Waals surface area contributed by atoms with Crippen molar-refractivity contribution < 1.29 is 22.9 Å². The van der Waals surface area contributed by atoms with Gasteiger partial charge in [-0.1, -0.05) is 18.2 Å². The molecule has 1 aliphatic rings. The fourth-order valence-electron chi connectivity index (χ4n) is 3.35. The van der Waals surface area contributed by atoms with Gasteiger partial charge in [0.2, 0.25) is 0 Å². The molecule has 2 aromatic rings. The SMILES string of the molecule is O=C(NCCCSc1ccccc1)N1CCN(c2ccc(C(F)(F)F)cc2[N+](=O)[O-])CC1. The molecule has 0 radical (unpaired) electrons. The largest absolute Gasteiger partial charge is 0.416 e. The van der Waals surface area contributed by atoms with Gasteiger partial charge >= 0.3 is 12.2 Å². The lowest BCUT2D eigenvalue weighted by atomic mass is 10.1. The molecular weight excluding hydrogens is 445 g/mol. The molecule has 0 bridgehead atoms. The van der Waals surface area contributed by atoms with Gasteiger partial charge in [0.1, 0.15) is 5.69 Å². The smallest absolute Gasteiger partial charge is 0.362 e. The molecule has 0 saturated carbocycles. The summed E-state index contributed by atoms with van der Waals surface area (Å²) in [5.74, 6) is 0.871. The van der Waals surface area contributed by atoms with E-state index < -0.39 is 22.4 Å². The van der Waals surface area contributed by atoms with Crippen LogP contribution >= 0.6 is 11.8 Å². The molecular formula is C21H23F3N4O3S. The van der Waals surface area contributed by atoms with Crippen molar-refractivity contribution in [2.24, 2.45) is 0 Å². The number of amides is 2. The first-order valence-electron chi connectivity index (χ1n) is 10.1. The Labute approximate surface area is 187 Å². The van der Waals surface area contributed by atoms with Crippen LogP contribution < -0.4 is 10.2 Å². The number of rotatable bonds is 7. The second-order valence-corrected chi connectivity index (χ2v) is 8.35. The van der Waals surface area contributed by atoms with Crippen molar-refractivity contribution in [3.8, 4) is 0 Å². The second-order valence-electron chi connectivity index (χ2n) is 7.18. The molecule has 2 amide bonds. The van der Waals surface area contributed by atoms with Crippen LogP contribution in [0.25, 0.3) is 0 Å². The van der Waals surface area contributed by atoms with Crippen LogP contribution in [-0.4, -0.2) is 54.3 Å². The highest BCUT2D eigenvalue weighted by Crippen LogP contribution is 2.36. The summed E-state index contributed by atoms with van der Waals surface area (Å²) >= 11 is 1.71. The molecule has 3 rings (SSSR count). The van der Waals surface area contributed by atoms with Crippen molar-refractivity contribution in [3.63, 3.8) is 0 Å². The Morgan fingerprint density at radius 1 is 1.09 bits per heavy atom. The molecule has 0 unspecified atom stereocenters. The Kier molecular flexibility index (Phi) is 7.84. The molecule has 0 aliphatic carbocycles. The van der Waals surface area contributed by atoms with Gasteiger partial charge in [-0.3, -0.25) is 10.1 Å². The lowest BCUT2D eigenvalue weighted by Crippen LogP contribution is -2.52. The molecule has 1 aliphatic heterocycles. The molecule has 172 valence electrons. The van der Waals surface area contributed by atoms with Crippen LogP contribution in [0.4, 0.5) is 29.3 Å². The Balaban J connectivity index is 1.47. The zero-order chi connectivity index (χ0) is 23.1. The zero-order valence-electron chi connectivity index (χ0n) is 17.2. The number of benzene rings is 2. The van der Waals surface area contributed by atoms with Gasteiger partial charge in [0.05, 0.1) is 10.5 Å². The average molecular weight is 469 g/mol. The summed E-state index contributed by atoms with van der Waals surface area (Å²) in [5, 5.41) is 14.2. The number of anilines is 1. The standard InChI is InChI=1S/C21H23F3N4O3S/c22-21(23,24)16-7-8-18(19(15-16)28(30)31)26-10-12-27(13-11-26)20(29)25-9-4-14-32-17-5-2-1-3-6-17/h1-3,5-8,15H,4,9-14H2,(H,25,29). The summed E-state index contributed by atoms with van der Waals surface area (Å²) in [6.45, 7) is 1.77. The number of nitrogens with one attached hydrogen (secondary N) is 1. The third-order valence-corrected chi connectivity index (χ3v) is 6.11. The number of urea groups is 1. The van der Waals surface area contributed by atoms with Crippen LogP contribution in [0.15, 0.2) is 53.4 Å². The normalized spacial score (nSPS) is 14.3. The van der Waals surface area contributed by atoms with E-state index in [2.05, 4.69) is 5.32 Å². The minimum absolute atomic E-state index is 0.126. The molecule has 1 heterocycles. The Morgan fingerprint density at radius 3 is 2.41 bits per heavy atom. The maximum atomic E-state index is 12.9. The van der Waals surface area contributed by atoms with E-state index in [0.29, 0.717) is 38.8 Å². The van der Waals surface area contributed by atoms with Crippen LogP contribution in [0.1, 0.15) is 12.0 Å². The number of halogens is 3. The van der Waals surface area contributed by atoms with Gasteiger partial charge in [0, 0.05) is 43.7 Å². The summed E-state index contributed by atoms with van der Waals surface area (Å²) in [6.07, 6.45) is -3.84. The quantitative estimate of drug-likeness (QED) is 0.278. The number of hydrogen-bond acceptors (Lipinski definition) is 5. The van der Waals surface area contributed by atoms with Gasteiger partial charge in [0.25, 0.3) is 5.69 Å². The Morgan fingerprint density at radius 2 is 1.78 bits per heavy atom. The van der Waals surface area contributed by atoms with Crippen molar-refractivity contribution in [1.82, 2.24) is 10.2 Å². The topological polar surface area (TPSA) is 78.7 Å². The van der Waals surface area contributed by atoms with E-state index in [-0.39, 0.29) is 11.7 Å². The zero-order valence-corrected chi connectivity index (χ0v) is 18.0. The van der Waals surface area contributed by atoms with E-state index in [4.69, 9.17) is 0 Å². The predicted octanol–water partition coefficient (Wildman–Crippen LogP) is 4.63. The number of alkyl halides is 3. The van der Waals surface area contributed by atoms with Gasteiger partial charge < -0.3 is 15.1 Å². The number of carbonyl (C=O) groups excluding carboxylic acids is 1. The van der Waals surface area contributed by atoms with E-state index in [0.717, 1.165) is 24.3 Å². The predicted molar refractivity (Wildman–Crippen MR) is 117 cm³/mol. The molecule has 0 aromatic heterocycles. The van der Waals surface area contributed by atoms with Crippen LogP contribution in [0.5, 0.6) is 0 Å². The van der Waals surface area contributed by atoms with Gasteiger partial charge in [-0.15, -0.1) is 11.8 Å². The van der Waals surface area contributed by atoms with E-state index >= 15 is 0 Å². The van der Waals surface area contributed by atoms with Crippen molar-refractivity contribution in [3.05, 3.63) is 64.2 Å². The average Bonchev–Trinajstić information content (AvgIpc) is 2.78. The molecule has 11 heteroatoms. The highest BCUT2D eigenvalue weighted by Gasteiger charge is 2.34. The lowest BCUT2D eigenvalue weighted by Gasteiger charge is -2.35. The fraction of sp³-hybridized carbons (Fsp3) is 0.381. The summed E-state index contributed by atoms with van der Waals surface area (Å²) in [5.41, 5.74) is -1.52. The summed E-state index contributed by atoms with van der Waals surface area (Å²) in [6, 6.07) is 12.3. The number of carbonyl (C=O) groups is 1. The minimum Gasteiger partial charge on any atom is -0.362 e. The highest BCUT2D eigenvalue weighted by atomic mass is 32.2. The summed E-state index contributed by atoms with van der Waals surface area (Å²) in [7, 11) is 0. The van der Waals surface area contributed by atoms with Gasteiger partial charge in [-0.05, 0) is 36.4 Å². The van der Waals surface area contributed by atoms with Crippen molar-refractivity contribution in [2.45, 2.75) is 17.5 Å². The molecule has 7 nitrogen and oxygen atoms in total. The number of piperazine rings is 1.